The van der Waals surface area contributed by atoms with Gasteiger partial charge in [0.2, 0.25) is 0 Å². The predicted octanol–water partition coefficient (Wildman–Crippen LogP) is 8.02. The van der Waals surface area contributed by atoms with Crippen LogP contribution in [0.2, 0.25) is 0 Å². The molecule has 0 fully saturated rings. The number of nitrogens with zero attached hydrogens (tertiary/aromatic N) is 2. The van der Waals surface area contributed by atoms with Gasteiger partial charge in [0.25, 0.3) is 11.8 Å². The molecule has 0 unspecified atom stereocenters. The molecule has 0 atom stereocenters. The summed E-state index contributed by atoms with van der Waals surface area (Å²) in [7, 11) is 0. The maximum absolute atomic E-state index is 12.6. The standard InChI is InChI=1S/C34H30BrN5O3S/c1-21-5-13-27(14-6-21)37-34-39-30(20-44-34)25-9-11-26(12-10-25)33(42)40-36-18-24-8-15-31(28(35)17-24)43-19-32(41)38-29-16-22(2)4-7-23(29)3/h4-18,20H,19H2,1-3H3,(H,37,39)(H,38,41)(H,40,42)/b36-18+. The third kappa shape index (κ3) is 8.18. The van der Waals surface area contributed by atoms with E-state index in [4.69, 9.17) is 4.74 Å². The van der Waals surface area contributed by atoms with Gasteiger partial charge in [-0.3, -0.25) is 9.59 Å². The largest absolute Gasteiger partial charge is 0.483 e. The summed E-state index contributed by atoms with van der Waals surface area (Å²) in [6.07, 6.45) is 1.53. The zero-order chi connectivity index (χ0) is 31.1. The van der Waals surface area contributed by atoms with E-state index in [1.165, 1.54) is 23.1 Å². The molecule has 5 aromatic rings. The van der Waals surface area contributed by atoms with Crippen LogP contribution >= 0.6 is 27.3 Å². The molecule has 0 radical (unpaired) electrons. The number of aromatic nitrogens is 1. The van der Waals surface area contributed by atoms with Crippen molar-refractivity contribution in [1.82, 2.24) is 10.4 Å². The summed E-state index contributed by atoms with van der Waals surface area (Å²) in [5.41, 5.74) is 10.5. The van der Waals surface area contributed by atoms with Crippen molar-refractivity contribution in [3.63, 3.8) is 0 Å². The lowest BCUT2D eigenvalue weighted by Crippen LogP contribution is -2.20. The Morgan fingerprint density at radius 1 is 0.932 bits per heavy atom. The Hall–Kier alpha value is -4.80. The molecule has 0 spiro atoms. The number of halogens is 1. The van der Waals surface area contributed by atoms with Crippen molar-refractivity contribution in [2.45, 2.75) is 20.8 Å². The summed E-state index contributed by atoms with van der Waals surface area (Å²) >= 11 is 5.00. The molecule has 10 heteroatoms. The Morgan fingerprint density at radius 2 is 1.68 bits per heavy atom. The number of hydrogen-bond acceptors (Lipinski definition) is 7. The molecule has 3 N–H and O–H groups in total. The van der Waals surface area contributed by atoms with Gasteiger partial charge in [-0.05, 0) is 102 Å². The van der Waals surface area contributed by atoms with Crippen LogP contribution in [0.25, 0.3) is 11.3 Å². The molecular weight excluding hydrogens is 638 g/mol. The van der Waals surface area contributed by atoms with Crippen LogP contribution in [0.5, 0.6) is 5.75 Å². The molecule has 44 heavy (non-hydrogen) atoms. The van der Waals surface area contributed by atoms with Crippen molar-refractivity contribution in [3.8, 4) is 17.0 Å². The van der Waals surface area contributed by atoms with E-state index in [9.17, 15) is 9.59 Å². The number of hydrogen-bond donors (Lipinski definition) is 3. The first-order valence-corrected chi connectivity index (χ1v) is 15.4. The third-order valence-electron chi connectivity index (χ3n) is 6.61. The Kier molecular flexibility index (Phi) is 9.83. The van der Waals surface area contributed by atoms with E-state index in [1.807, 2.05) is 73.8 Å². The fourth-order valence-corrected chi connectivity index (χ4v) is 5.41. The second-order valence-electron chi connectivity index (χ2n) is 10.2. The number of thiazole rings is 1. The Labute approximate surface area is 268 Å². The van der Waals surface area contributed by atoms with E-state index < -0.39 is 0 Å². The number of nitrogens with one attached hydrogen (secondary N) is 3. The van der Waals surface area contributed by atoms with Crippen LogP contribution in [0.3, 0.4) is 0 Å². The van der Waals surface area contributed by atoms with E-state index in [0.717, 1.165) is 44.5 Å². The normalized spacial score (nSPS) is 10.9. The Balaban J connectivity index is 1.11. The lowest BCUT2D eigenvalue weighted by Gasteiger charge is -2.11. The number of amides is 2. The number of carbonyl (C=O) groups excluding carboxylic acids is 2. The monoisotopic (exact) mass is 667 g/mol. The van der Waals surface area contributed by atoms with Crippen LogP contribution in [-0.2, 0) is 4.79 Å². The van der Waals surface area contributed by atoms with Gasteiger partial charge in [0, 0.05) is 27.9 Å². The van der Waals surface area contributed by atoms with Gasteiger partial charge >= 0.3 is 0 Å². The first-order chi connectivity index (χ1) is 21.2. The van der Waals surface area contributed by atoms with Crippen LogP contribution in [-0.4, -0.2) is 29.6 Å². The predicted molar refractivity (Wildman–Crippen MR) is 181 cm³/mol. The lowest BCUT2D eigenvalue weighted by atomic mass is 10.1. The van der Waals surface area contributed by atoms with Gasteiger partial charge in [0.15, 0.2) is 11.7 Å². The van der Waals surface area contributed by atoms with Gasteiger partial charge in [-0.15, -0.1) is 11.3 Å². The Bertz CT molecular complexity index is 1820. The number of anilines is 3. The van der Waals surface area contributed by atoms with E-state index in [-0.39, 0.29) is 18.4 Å². The number of rotatable bonds is 10. The van der Waals surface area contributed by atoms with Gasteiger partial charge in [-0.25, -0.2) is 10.4 Å². The molecule has 0 aliphatic heterocycles. The quantitative estimate of drug-likeness (QED) is 0.103. The van der Waals surface area contributed by atoms with Gasteiger partial charge < -0.3 is 15.4 Å². The second-order valence-corrected chi connectivity index (χ2v) is 11.9. The number of carbonyl (C=O) groups is 2. The average molecular weight is 669 g/mol. The molecule has 4 aromatic carbocycles. The van der Waals surface area contributed by atoms with Crippen molar-refractivity contribution in [2.75, 3.05) is 17.2 Å². The van der Waals surface area contributed by atoms with Gasteiger partial charge in [-0.1, -0.05) is 42.0 Å². The van der Waals surface area contributed by atoms with Crippen LogP contribution < -0.4 is 20.8 Å². The molecular formula is C34H30BrN5O3S. The SMILES string of the molecule is Cc1ccc(Nc2nc(-c3ccc(C(=O)N/N=C/c4ccc(OCC(=O)Nc5cc(C)ccc5C)c(Br)c4)cc3)cs2)cc1. The molecule has 0 bridgehead atoms. The van der Waals surface area contributed by atoms with Crippen LogP contribution in [0.15, 0.2) is 99.9 Å². The third-order valence-corrected chi connectivity index (χ3v) is 7.99. The first-order valence-electron chi connectivity index (χ1n) is 13.8. The molecule has 5 rings (SSSR count). The minimum Gasteiger partial charge on any atom is -0.483 e. The summed E-state index contributed by atoms with van der Waals surface area (Å²) in [4.78, 5) is 29.7. The molecule has 2 amide bonds. The van der Waals surface area contributed by atoms with E-state index in [1.54, 1.807) is 30.3 Å². The number of benzene rings is 4. The number of aryl methyl sites for hydroxylation is 3. The molecule has 0 saturated carbocycles. The van der Waals surface area contributed by atoms with Crippen molar-refractivity contribution in [3.05, 3.63) is 123 Å². The summed E-state index contributed by atoms with van der Waals surface area (Å²) in [6.45, 7) is 5.83. The number of hydrazone groups is 1. The van der Waals surface area contributed by atoms with Crippen molar-refractivity contribution in [2.24, 2.45) is 5.10 Å². The highest BCUT2D eigenvalue weighted by atomic mass is 79.9. The average Bonchev–Trinajstić information content (AvgIpc) is 3.48. The van der Waals surface area contributed by atoms with E-state index in [2.05, 4.69) is 49.0 Å². The fraction of sp³-hybridized carbons (Fsp3) is 0.118. The zero-order valence-corrected chi connectivity index (χ0v) is 26.8. The molecule has 0 saturated heterocycles. The zero-order valence-electron chi connectivity index (χ0n) is 24.4. The molecule has 222 valence electrons. The lowest BCUT2D eigenvalue weighted by molar-refractivity contribution is -0.118. The minimum absolute atomic E-state index is 0.137. The molecule has 0 aliphatic rings. The first kappa shape index (κ1) is 30.7. The summed E-state index contributed by atoms with van der Waals surface area (Å²) in [5.74, 6) is -0.0688. The van der Waals surface area contributed by atoms with Crippen molar-refractivity contribution in [1.29, 1.82) is 0 Å². The summed E-state index contributed by atoms with van der Waals surface area (Å²) in [6, 6.07) is 26.5. The minimum atomic E-state index is -0.332. The van der Waals surface area contributed by atoms with E-state index >= 15 is 0 Å². The van der Waals surface area contributed by atoms with Crippen LogP contribution in [0.4, 0.5) is 16.5 Å². The highest BCUT2D eigenvalue weighted by Gasteiger charge is 2.10. The van der Waals surface area contributed by atoms with Crippen LogP contribution in [0.1, 0.15) is 32.6 Å². The molecule has 1 aromatic heterocycles. The number of ether oxygens (including phenoxy) is 1. The van der Waals surface area contributed by atoms with E-state index in [0.29, 0.717) is 15.8 Å². The smallest absolute Gasteiger partial charge is 0.271 e. The maximum atomic E-state index is 12.6. The summed E-state index contributed by atoms with van der Waals surface area (Å²) < 4.78 is 6.34. The maximum Gasteiger partial charge on any atom is 0.271 e. The van der Waals surface area contributed by atoms with Gasteiger partial charge in [0.05, 0.1) is 16.4 Å². The second kappa shape index (κ2) is 14.1. The fourth-order valence-electron chi connectivity index (χ4n) is 4.16. The highest BCUT2D eigenvalue weighted by Crippen LogP contribution is 2.28. The summed E-state index contributed by atoms with van der Waals surface area (Å²) in [5, 5.41) is 13.1. The molecule has 0 aliphatic carbocycles. The molecule has 8 nitrogen and oxygen atoms in total. The highest BCUT2D eigenvalue weighted by molar-refractivity contribution is 9.10. The van der Waals surface area contributed by atoms with Crippen LogP contribution in [0, 0.1) is 20.8 Å². The van der Waals surface area contributed by atoms with Crippen molar-refractivity contribution >= 4 is 61.8 Å². The van der Waals surface area contributed by atoms with Crippen molar-refractivity contribution < 1.29 is 14.3 Å². The van der Waals surface area contributed by atoms with Gasteiger partial charge in [0.1, 0.15) is 5.75 Å². The molecule has 1 heterocycles. The van der Waals surface area contributed by atoms with Gasteiger partial charge in [-0.2, -0.15) is 5.10 Å². The Morgan fingerprint density at radius 3 is 2.43 bits per heavy atom. The topological polar surface area (TPSA) is 105 Å².